The second kappa shape index (κ2) is 4.91. The normalized spacial score (nSPS) is 10.8. The van der Waals surface area contributed by atoms with Crippen molar-refractivity contribution in [2.75, 3.05) is 7.11 Å². The highest BCUT2D eigenvalue weighted by Gasteiger charge is 2.32. The van der Waals surface area contributed by atoms with Gasteiger partial charge in [-0.2, -0.15) is 10.2 Å². The molecule has 0 amide bonds. The van der Waals surface area contributed by atoms with Crippen LogP contribution in [0.15, 0.2) is 6.07 Å². The van der Waals surface area contributed by atoms with Gasteiger partial charge in [-0.3, -0.25) is 0 Å². The Morgan fingerprint density at radius 1 is 1.47 bits per heavy atom. The summed E-state index contributed by atoms with van der Waals surface area (Å²) in [6, 6.07) is 3.00. The molecular formula is C10H9F3N2O2. The largest absolute Gasteiger partial charge is 0.574 e. The van der Waals surface area contributed by atoms with Gasteiger partial charge in [-0.15, -0.1) is 13.2 Å². The fraction of sp³-hybridized carbons (Fsp3) is 0.400. The van der Waals surface area contributed by atoms with Crippen LogP contribution in [0.4, 0.5) is 13.2 Å². The second-order valence-corrected chi connectivity index (χ2v) is 3.15. The number of alkyl halides is 3. The molecule has 0 N–H and O–H groups in total. The number of nitriles is 1. The molecule has 0 aliphatic carbocycles. The molecule has 0 radical (unpaired) electrons. The number of rotatable bonds is 3. The van der Waals surface area contributed by atoms with Gasteiger partial charge >= 0.3 is 6.36 Å². The van der Waals surface area contributed by atoms with E-state index in [1.165, 1.54) is 7.11 Å². The number of aromatic nitrogens is 1. The van der Waals surface area contributed by atoms with Crippen LogP contribution < -0.4 is 9.47 Å². The minimum Gasteiger partial charge on any atom is -0.481 e. The summed E-state index contributed by atoms with van der Waals surface area (Å²) < 4.78 is 44.5. The number of ether oxygens (including phenoxy) is 2. The van der Waals surface area contributed by atoms with Crippen LogP contribution in [0.5, 0.6) is 11.8 Å². The third-order valence-electron chi connectivity index (χ3n) is 1.96. The van der Waals surface area contributed by atoms with Crippen molar-refractivity contribution >= 4 is 0 Å². The molecule has 0 aliphatic heterocycles. The summed E-state index contributed by atoms with van der Waals surface area (Å²) in [6.07, 6.45) is -4.80. The quantitative estimate of drug-likeness (QED) is 0.821. The molecule has 0 spiro atoms. The van der Waals surface area contributed by atoms with E-state index >= 15 is 0 Å². The van der Waals surface area contributed by atoms with Gasteiger partial charge in [0.15, 0.2) is 0 Å². The van der Waals surface area contributed by atoms with E-state index in [4.69, 9.17) is 10.00 Å². The second-order valence-electron chi connectivity index (χ2n) is 3.15. The highest BCUT2D eigenvalue weighted by molar-refractivity contribution is 5.39. The van der Waals surface area contributed by atoms with Crippen molar-refractivity contribution in [2.45, 2.75) is 19.7 Å². The summed E-state index contributed by atoms with van der Waals surface area (Å²) in [5, 5.41) is 8.58. The number of hydrogen-bond donors (Lipinski definition) is 0. The maximum absolute atomic E-state index is 12.0. The Morgan fingerprint density at radius 3 is 2.59 bits per heavy atom. The number of pyridine rings is 1. The summed E-state index contributed by atoms with van der Waals surface area (Å²) in [4.78, 5) is 3.54. The molecule has 1 heterocycles. The smallest absolute Gasteiger partial charge is 0.481 e. The lowest BCUT2D eigenvalue weighted by Crippen LogP contribution is -2.18. The summed E-state index contributed by atoms with van der Waals surface area (Å²) in [5.74, 6) is -0.640. The summed E-state index contributed by atoms with van der Waals surface area (Å²) in [6.45, 7) is 1.56. The first-order valence-corrected chi connectivity index (χ1v) is 4.54. The van der Waals surface area contributed by atoms with Crippen LogP contribution in [-0.2, 0) is 6.42 Å². The third-order valence-corrected chi connectivity index (χ3v) is 1.96. The van der Waals surface area contributed by atoms with E-state index in [0.29, 0.717) is 11.1 Å². The maximum atomic E-state index is 12.0. The molecule has 1 aromatic rings. The zero-order valence-corrected chi connectivity index (χ0v) is 9.13. The minimum absolute atomic E-state index is 0.00824. The lowest BCUT2D eigenvalue weighted by molar-refractivity contribution is -0.276. The van der Waals surface area contributed by atoms with Gasteiger partial charge in [0.05, 0.1) is 19.6 Å². The Labute approximate surface area is 95.6 Å². The van der Waals surface area contributed by atoms with Gasteiger partial charge in [0.25, 0.3) is 0 Å². The van der Waals surface area contributed by atoms with Gasteiger partial charge < -0.3 is 9.47 Å². The fourth-order valence-corrected chi connectivity index (χ4v) is 1.27. The van der Waals surface area contributed by atoms with Gasteiger partial charge in [0.1, 0.15) is 0 Å². The Balaban J connectivity index is 3.14. The van der Waals surface area contributed by atoms with Crippen molar-refractivity contribution in [1.29, 1.82) is 5.26 Å². The van der Waals surface area contributed by atoms with E-state index in [2.05, 4.69) is 9.72 Å². The molecule has 1 rings (SSSR count). The first kappa shape index (κ1) is 13.1. The first-order valence-electron chi connectivity index (χ1n) is 4.54. The average molecular weight is 246 g/mol. The molecule has 1 aromatic heterocycles. The molecule has 0 saturated carbocycles. The molecule has 17 heavy (non-hydrogen) atoms. The molecule has 0 aromatic carbocycles. The Morgan fingerprint density at radius 2 is 2.12 bits per heavy atom. The van der Waals surface area contributed by atoms with Crippen molar-refractivity contribution in [3.63, 3.8) is 0 Å². The minimum atomic E-state index is -4.80. The van der Waals surface area contributed by atoms with Crippen LogP contribution in [0.2, 0.25) is 0 Å². The van der Waals surface area contributed by atoms with Crippen LogP contribution in [0.3, 0.4) is 0 Å². The van der Waals surface area contributed by atoms with Crippen LogP contribution in [-0.4, -0.2) is 18.5 Å². The van der Waals surface area contributed by atoms with Crippen molar-refractivity contribution in [3.8, 4) is 17.8 Å². The molecule has 92 valence electrons. The van der Waals surface area contributed by atoms with Gasteiger partial charge in [0.2, 0.25) is 11.8 Å². The Kier molecular flexibility index (Phi) is 3.78. The van der Waals surface area contributed by atoms with E-state index in [0.717, 1.165) is 6.07 Å². The van der Waals surface area contributed by atoms with Crippen LogP contribution in [0.25, 0.3) is 0 Å². The Bertz CT molecular complexity index is 452. The van der Waals surface area contributed by atoms with Gasteiger partial charge in [-0.05, 0) is 12.5 Å². The number of halogens is 3. The first-order chi connectivity index (χ1) is 7.87. The van der Waals surface area contributed by atoms with Gasteiger partial charge in [-0.25, -0.2) is 0 Å². The van der Waals surface area contributed by atoms with Crippen LogP contribution in [0.1, 0.15) is 11.1 Å². The van der Waals surface area contributed by atoms with Gasteiger partial charge in [0, 0.05) is 11.6 Å². The van der Waals surface area contributed by atoms with E-state index in [9.17, 15) is 13.2 Å². The topological polar surface area (TPSA) is 55.1 Å². The molecule has 0 fully saturated rings. The lowest BCUT2D eigenvalue weighted by Gasteiger charge is -2.12. The van der Waals surface area contributed by atoms with Crippen molar-refractivity contribution < 1.29 is 22.6 Å². The van der Waals surface area contributed by atoms with Crippen molar-refractivity contribution in [1.82, 2.24) is 4.98 Å². The molecule has 0 aliphatic rings. The van der Waals surface area contributed by atoms with E-state index in [1.54, 1.807) is 6.92 Å². The molecule has 4 nitrogen and oxygen atoms in total. The maximum Gasteiger partial charge on any atom is 0.574 e. The molecule has 7 heteroatoms. The molecular weight excluding hydrogens is 237 g/mol. The molecule has 0 atom stereocenters. The van der Waals surface area contributed by atoms with Crippen molar-refractivity contribution in [2.24, 2.45) is 0 Å². The number of methoxy groups -OCH3 is 1. The summed E-state index contributed by atoms with van der Waals surface area (Å²) in [7, 11) is 1.26. The number of nitrogens with zero attached hydrogens (tertiary/aromatic N) is 2. The predicted octanol–water partition coefficient (Wildman–Crippen LogP) is 2.36. The SMILES string of the molecule is COc1nc(OC(F)(F)F)cc(C)c1CC#N. The standard InChI is InChI=1S/C10H9F3N2O2/c1-6-5-8(17-10(11,12)13)15-9(16-2)7(6)3-4-14/h5H,3H2,1-2H3. The van der Waals surface area contributed by atoms with E-state index < -0.39 is 12.2 Å². The fourth-order valence-electron chi connectivity index (χ4n) is 1.27. The number of aryl methyl sites for hydroxylation is 1. The monoisotopic (exact) mass is 246 g/mol. The average Bonchev–Trinajstić information content (AvgIpc) is 2.19. The van der Waals surface area contributed by atoms with Crippen LogP contribution in [0, 0.1) is 18.3 Å². The zero-order chi connectivity index (χ0) is 13.1. The van der Waals surface area contributed by atoms with E-state index in [1.807, 2.05) is 6.07 Å². The lowest BCUT2D eigenvalue weighted by atomic mass is 10.1. The number of hydrogen-bond acceptors (Lipinski definition) is 4. The highest BCUT2D eigenvalue weighted by atomic mass is 19.4. The third kappa shape index (κ3) is 3.52. The summed E-state index contributed by atoms with van der Waals surface area (Å²) >= 11 is 0. The Hall–Kier alpha value is -1.97. The van der Waals surface area contributed by atoms with Crippen molar-refractivity contribution in [3.05, 3.63) is 17.2 Å². The van der Waals surface area contributed by atoms with Crippen LogP contribution >= 0.6 is 0 Å². The van der Waals surface area contributed by atoms with Gasteiger partial charge in [-0.1, -0.05) is 0 Å². The molecule has 0 saturated heterocycles. The van der Waals surface area contributed by atoms with E-state index in [-0.39, 0.29) is 12.3 Å². The summed E-state index contributed by atoms with van der Waals surface area (Å²) in [5.41, 5.74) is 0.905. The predicted molar refractivity (Wildman–Crippen MR) is 51.5 cm³/mol. The molecule has 0 unspecified atom stereocenters. The zero-order valence-electron chi connectivity index (χ0n) is 9.13. The molecule has 0 bridgehead atoms. The highest BCUT2D eigenvalue weighted by Crippen LogP contribution is 2.28.